The second-order valence-corrected chi connectivity index (χ2v) is 11.0. The zero-order chi connectivity index (χ0) is 25.6. The number of aryl methyl sites for hydroxylation is 2. The fraction of sp³-hybridized carbons (Fsp3) is 0.586. The first-order chi connectivity index (χ1) is 16.6. The van der Waals surface area contributed by atoms with Crippen LogP contribution in [0.1, 0.15) is 57.2 Å². The lowest BCUT2D eigenvalue weighted by molar-refractivity contribution is -0.0621. The highest BCUT2D eigenvalue weighted by molar-refractivity contribution is 6.32. The molecule has 0 aliphatic carbocycles. The number of ether oxygens (including phenoxy) is 2. The molecule has 0 aromatic heterocycles. The molecule has 1 fully saturated rings. The normalized spacial score (nSPS) is 19.1. The lowest BCUT2D eigenvalue weighted by Crippen LogP contribution is -2.51. The van der Waals surface area contributed by atoms with Crippen LogP contribution in [0.25, 0.3) is 0 Å². The third kappa shape index (κ3) is 8.11. The molecule has 0 bridgehead atoms. The minimum Gasteiger partial charge on any atom is -0.492 e. The summed E-state index contributed by atoms with van der Waals surface area (Å²) in [6, 6.07) is 13.2. The minimum atomic E-state index is -0.860. The number of hydrogen-bond acceptors (Lipinski definition) is 5. The third-order valence-electron chi connectivity index (χ3n) is 6.83. The van der Waals surface area contributed by atoms with Gasteiger partial charge in [0.25, 0.3) is 0 Å². The molecule has 2 aromatic carbocycles. The van der Waals surface area contributed by atoms with E-state index >= 15 is 0 Å². The van der Waals surface area contributed by atoms with Gasteiger partial charge >= 0.3 is 0 Å². The molecular weight excluding hydrogens is 460 g/mol. The molecule has 1 aliphatic rings. The lowest BCUT2D eigenvalue weighted by atomic mass is 9.93. The Morgan fingerprint density at radius 1 is 1.00 bits per heavy atom. The number of likely N-dealkylation sites (tertiary alicyclic amines) is 1. The van der Waals surface area contributed by atoms with Crippen LogP contribution in [0.2, 0.25) is 5.02 Å². The maximum absolute atomic E-state index is 11.2. The molecule has 5 nitrogen and oxygen atoms in total. The van der Waals surface area contributed by atoms with Crippen molar-refractivity contribution in [3.8, 4) is 11.5 Å². The quantitative estimate of drug-likeness (QED) is 0.417. The topological polar surface area (TPSA) is 45.2 Å². The maximum atomic E-state index is 11.2. The van der Waals surface area contributed by atoms with Crippen LogP contribution in [0.15, 0.2) is 36.4 Å². The zero-order valence-corrected chi connectivity index (χ0v) is 23.1. The summed E-state index contributed by atoms with van der Waals surface area (Å²) >= 11 is 6.27. The van der Waals surface area contributed by atoms with Gasteiger partial charge in [-0.2, -0.15) is 0 Å². The Bertz CT molecular complexity index is 916. The summed E-state index contributed by atoms with van der Waals surface area (Å²) < 4.78 is 12.0. The van der Waals surface area contributed by atoms with E-state index in [2.05, 4.69) is 61.8 Å². The van der Waals surface area contributed by atoms with Gasteiger partial charge in [-0.1, -0.05) is 23.7 Å². The molecule has 6 heteroatoms. The van der Waals surface area contributed by atoms with E-state index in [1.807, 2.05) is 26.0 Å². The second kappa shape index (κ2) is 12.4. The van der Waals surface area contributed by atoms with Gasteiger partial charge in [0.15, 0.2) is 0 Å². The van der Waals surface area contributed by atoms with E-state index in [4.69, 9.17) is 21.1 Å². The second-order valence-electron chi connectivity index (χ2n) is 10.6. The fourth-order valence-electron chi connectivity index (χ4n) is 5.00. The average molecular weight is 503 g/mol. The summed E-state index contributed by atoms with van der Waals surface area (Å²) in [5.74, 6) is 1.66. The van der Waals surface area contributed by atoms with E-state index in [9.17, 15) is 5.11 Å². The predicted molar refractivity (Wildman–Crippen MR) is 145 cm³/mol. The largest absolute Gasteiger partial charge is 0.492 e. The lowest BCUT2D eigenvalue weighted by Gasteiger charge is -2.39. The molecule has 0 unspecified atom stereocenters. The van der Waals surface area contributed by atoms with Crippen LogP contribution in [-0.2, 0) is 6.54 Å². The molecule has 194 valence electrons. The number of β-amino-alcohol motifs (C(OH)–C–C–N with tert-alkyl or cyclic N) is 1. The Labute approximate surface area is 217 Å². The number of aliphatic hydroxyl groups is 1. The molecular formula is C29H43ClN2O3. The fourth-order valence-corrected chi connectivity index (χ4v) is 5.11. The van der Waals surface area contributed by atoms with Gasteiger partial charge in [-0.3, -0.25) is 9.80 Å². The molecule has 1 heterocycles. The van der Waals surface area contributed by atoms with Crippen LogP contribution in [0.4, 0.5) is 0 Å². The summed E-state index contributed by atoms with van der Waals surface area (Å²) in [5.41, 5.74) is 2.34. The Morgan fingerprint density at radius 2 is 1.63 bits per heavy atom. The van der Waals surface area contributed by atoms with Crippen LogP contribution >= 0.6 is 11.6 Å². The molecule has 0 saturated carbocycles. The molecule has 2 aromatic rings. The van der Waals surface area contributed by atoms with Gasteiger partial charge in [0.1, 0.15) is 30.3 Å². The molecule has 0 amide bonds. The van der Waals surface area contributed by atoms with Gasteiger partial charge in [0, 0.05) is 36.7 Å². The molecule has 35 heavy (non-hydrogen) atoms. The van der Waals surface area contributed by atoms with Crippen LogP contribution in [-0.4, -0.2) is 65.4 Å². The maximum Gasteiger partial charge on any atom is 0.120 e. The highest BCUT2D eigenvalue weighted by Gasteiger charge is 2.34. The smallest absolute Gasteiger partial charge is 0.120 e. The van der Waals surface area contributed by atoms with Crippen LogP contribution in [0.5, 0.6) is 11.5 Å². The van der Waals surface area contributed by atoms with E-state index in [1.165, 1.54) is 5.56 Å². The number of piperidine rings is 1. The van der Waals surface area contributed by atoms with E-state index < -0.39 is 5.60 Å². The van der Waals surface area contributed by atoms with Crippen molar-refractivity contribution in [3.05, 3.63) is 58.1 Å². The van der Waals surface area contributed by atoms with E-state index in [-0.39, 0.29) is 6.61 Å². The van der Waals surface area contributed by atoms with Crippen LogP contribution in [0, 0.1) is 13.8 Å². The molecule has 0 spiro atoms. The first-order valence-electron chi connectivity index (χ1n) is 12.9. The highest BCUT2D eigenvalue weighted by atomic mass is 35.5. The summed E-state index contributed by atoms with van der Waals surface area (Å²) in [7, 11) is 0. The third-order valence-corrected chi connectivity index (χ3v) is 7.42. The van der Waals surface area contributed by atoms with Crippen LogP contribution in [0.3, 0.4) is 0 Å². The molecule has 3 rings (SSSR count). The summed E-state index contributed by atoms with van der Waals surface area (Å²) in [6.07, 6.45) is 1.69. The van der Waals surface area contributed by atoms with Crippen molar-refractivity contribution in [2.45, 2.75) is 78.6 Å². The summed E-state index contributed by atoms with van der Waals surface area (Å²) in [6.45, 7) is 17.1. The van der Waals surface area contributed by atoms with Gasteiger partial charge in [0.05, 0.1) is 0 Å². The van der Waals surface area contributed by atoms with Crippen LogP contribution < -0.4 is 9.47 Å². The molecule has 1 atom stereocenters. The average Bonchev–Trinajstić information content (AvgIpc) is 2.79. The van der Waals surface area contributed by atoms with Gasteiger partial charge in [-0.15, -0.1) is 0 Å². The Morgan fingerprint density at radius 3 is 2.23 bits per heavy atom. The van der Waals surface area contributed by atoms with Crippen molar-refractivity contribution in [3.63, 3.8) is 0 Å². The monoisotopic (exact) mass is 502 g/mol. The van der Waals surface area contributed by atoms with Crippen molar-refractivity contribution < 1.29 is 14.6 Å². The number of hydrogen-bond donors (Lipinski definition) is 1. The number of nitrogens with zero attached hydrogens (tertiary/aromatic N) is 2. The van der Waals surface area contributed by atoms with Crippen molar-refractivity contribution in [1.29, 1.82) is 0 Å². The Kier molecular flexibility index (Phi) is 9.88. The molecule has 1 saturated heterocycles. The highest BCUT2D eigenvalue weighted by Crippen LogP contribution is 2.28. The Balaban J connectivity index is 1.49. The Hall–Kier alpha value is -1.79. The van der Waals surface area contributed by atoms with Gasteiger partial charge in [0.2, 0.25) is 0 Å². The van der Waals surface area contributed by atoms with E-state index in [1.54, 1.807) is 0 Å². The first kappa shape index (κ1) is 27.8. The van der Waals surface area contributed by atoms with Gasteiger partial charge < -0.3 is 14.6 Å². The van der Waals surface area contributed by atoms with Crippen molar-refractivity contribution in [1.82, 2.24) is 9.80 Å². The molecule has 1 aliphatic heterocycles. The van der Waals surface area contributed by atoms with E-state index in [0.717, 1.165) is 60.1 Å². The molecule has 1 N–H and O–H groups in total. The van der Waals surface area contributed by atoms with Gasteiger partial charge in [-0.05, 0) is 102 Å². The minimum absolute atomic E-state index is 0.278. The van der Waals surface area contributed by atoms with E-state index in [0.29, 0.717) is 25.2 Å². The standard InChI is InChI=1S/C29H43ClN2O3/c1-21(2)32(22(3)4)14-15-34-26-10-8-25(9-11-26)18-31-13-7-12-29(33,19-31)20-35-27-16-23(5)28(30)24(6)17-27/h8-11,16-17,21-22,33H,7,12-15,18-20H2,1-6H3/t29-/m0/s1. The first-order valence-corrected chi connectivity index (χ1v) is 13.3. The zero-order valence-electron chi connectivity index (χ0n) is 22.3. The molecule has 0 radical (unpaired) electrons. The number of halogens is 1. The SMILES string of the molecule is Cc1cc(OC[C@]2(O)CCCN(Cc3ccc(OCCN(C(C)C)C(C)C)cc3)C2)cc(C)c1Cl. The number of rotatable bonds is 11. The predicted octanol–water partition coefficient (Wildman–Crippen LogP) is 5.86. The summed E-state index contributed by atoms with van der Waals surface area (Å²) in [5, 5.41) is 12.0. The van der Waals surface area contributed by atoms with Crippen molar-refractivity contribution in [2.24, 2.45) is 0 Å². The summed E-state index contributed by atoms with van der Waals surface area (Å²) in [4.78, 5) is 4.75. The van der Waals surface area contributed by atoms with Gasteiger partial charge in [-0.25, -0.2) is 0 Å². The van der Waals surface area contributed by atoms with Crippen molar-refractivity contribution in [2.75, 3.05) is 32.8 Å². The number of benzene rings is 2. The van der Waals surface area contributed by atoms with Crippen molar-refractivity contribution >= 4 is 11.6 Å².